The molecule has 1 atom stereocenters. The number of nitrogens with one attached hydrogen (secondary N) is 1. The zero-order chi connectivity index (χ0) is 18.6. The molecule has 0 fully saturated rings. The maximum atomic E-state index is 12.7. The predicted octanol–water partition coefficient (Wildman–Crippen LogP) is 5.19. The molecule has 0 saturated heterocycles. The molecule has 0 heterocycles. The van der Waals surface area contributed by atoms with Gasteiger partial charge in [-0.25, -0.2) is 8.42 Å². The number of hydrogen-bond acceptors (Lipinski definition) is 4. The van der Waals surface area contributed by atoms with Crippen molar-refractivity contribution in [2.75, 3.05) is 4.72 Å². The number of nitrogens with zero attached hydrogens (tertiary/aromatic N) is 1. The van der Waals surface area contributed by atoms with Gasteiger partial charge in [0.15, 0.2) is 0 Å². The first-order valence-electron chi connectivity index (χ1n) is 8.08. The molecule has 2 aromatic carbocycles. The van der Waals surface area contributed by atoms with Gasteiger partial charge in [0.05, 0.1) is 10.6 Å². The van der Waals surface area contributed by atoms with E-state index in [1.807, 2.05) is 43.5 Å². The van der Waals surface area contributed by atoms with Crippen molar-refractivity contribution in [3.8, 4) is 5.40 Å². The zero-order valence-corrected chi connectivity index (χ0v) is 16.5. The van der Waals surface area contributed by atoms with E-state index in [2.05, 4.69) is 18.6 Å². The van der Waals surface area contributed by atoms with Gasteiger partial charge in [-0.15, -0.1) is 0 Å². The van der Waals surface area contributed by atoms with Gasteiger partial charge in [0, 0.05) is 4.90 Å². The van der Waals surface area contributed by atoms with Crippen LogP contribution in [0.2, 0.25) is 0 Å². The molecule has 6 heteroatoms. The fourth-order valence-electron chi connectivity index (χ4n) is 2.60. The largest absolute Gasteiger partial charge is 0.279 e. The highest BCUT2D eigenvalue weighted by atomic mass is 32.2. The monoisotopic (exact) mass is 374 g/mol. The molecule has 0 bridgehead atoms. The zero-order valence-electron chi connectivity index (χ0n) is 14.8. The van der Waals surface area contributed by atoms with Gasteiger partial charge in [-0.3, -0.25) is 4.72 Å². The number of nitriles is 1. The summed E-state index contributed by atoms with van der Waals surface area (Å²) in [6.45, 7) is 7.89. The quantitative estimate of drug-likeness (QED) is 0.558. The van der Waals surface area contributed by atoms with Crippen LogP contribution in [0.15, 0.2) is 46.2 Å². The second-order valence-corrected chi connectivity index (χ2v) is 8.65. The van der Waals surface area contributed by atoms with Gasteiger partial charge in [-0.05, 0) is 78.9 Å². The van der Waals surface area contributed by atoms with Crippen LogP contribution in [0.5, 0.6) is 0 Å². The first-order valence-corrected chi connectivity index (χ1v) is 10.4. The third kappa shape index (κ3) is 4.56. The first-order chi connectivity index (χ1) is 11.8. The second-order valence-electron chi connectivity index (χ2n) is 6.11. The van der Waals surface area contributed by atoms with Gasteiger partial charge in [-0.1, -0.05) is 26.0 Å². The number of benzene rings is 2. The summed E-state index contributed by atoms with van der Waals surface area (Å²) in [5.74, 6) is 0.402. The Morgan fingerprint density at radius 3 is 2.20 bits per heavy atom. The van der Waals surface area contributed by atoms with Crippen molar-refractivity contribution in [2.24, 2.45) is 0 Å². The fraction of sp³-hybridized carbons (Fsp3) is 0.316. The molecule has 0 radical (unpaired) electrons. The van der Waals surface area contributed by atoms with E-state index in [-0.39, 0.29) is 4.90 Å². The molecule has 2 rings (SSSR count). The number of thiocyanates is 1. The minimum Gasteiger partial charge on any atom is -0.279 e. The van der Waals surface area contributed by atoms with E-state index in [0.717, 1.165) is 39.8 Å². The van der Waals surface area contributed by atoms with Crippen LogP contribution in [0.1, 0.15) is 42.9 Å². The SMILES string of the molecule is CC[C@@H](C)c1ccc(S(=O)(=O)Nc2c(C)cc(SC#N)cc2C)cc1. The first kappa shape index (κ1) is 19.4. The van der Waals surface area contributed by atoms with Crippen molar-refractivity contribution in [3.05, 3.63) is 53.1 Å². The number of anilines is 1. The molecular weight excluding hydrogens is 352 g/mol. The highest BCUT2D eigenvalue weighted by Gasteiger charge is 2.17. The molecule has 132 valence electrons. The summed E-state index contributed by atoms with van der Waals surface area (Å²) in [6.07, 6.45) is 1.01. The van der Waals surface area contributed by atoms with E-state index in [1.165, 1.54) is 0 Å². The number of thioether (sulfide) groups is 1. The minimum absolute atomic E-state index is 0.244. The third-order valence-electron chi connectivity index (χ3n) is 4.28. The van der Waals surface area contributed by atoms with Crippen LogP contribution < -0.4 is 4.72 Å². The van der Waals surface area contributed by atoms with E-state index < -0.39 is 10.0 Å². The Labute approximate surface area is 154 Å². The Kier molecular flexibility index (Phi) is 6.15. The number of rotatable bonds is 6. The minimum atomic E-state index is -3.65. The summed E-state index contributed by atoms with van der Waals surface area (Å²) >= 11 is 1.06. The average Bonchev–Trinajstić information content (AvgIpc) is 2.58. The summed E-state index contributed by atoms with van der Waals surface area (Å²) in [6, 6.07) is 10.7. The van der Waals surface area contributed by atoms with E-state index in [1.54, 1.807) is 12.1 Å². The smallest absolute Gasteiger partial charge is 0.261 e. The highest BCUT2D eigenvalue weighted by molar-refractivity contribution is 8.03. The standard InChI is InChI=1S/C19H22N2O2S2/c1-5-13(2)16-6-8-18(9-7-16)25(22,23)21-19-14(3)10-17(24-12-20)11-15(19)4/h6-11,13,21H,5H2,1-4H3/t13-/m1/s1. The normalized spacial score (nSPS) is 12.4. The van der Waals surface area contributed by atoms with Crippen LogP contribution in [0.4, 0.5) is 5.69 Å². The van der Waals surface area contributed by atoms with Gasteiger partial charge in [0.1, 0.15) is 5.40 Å². The molecule has 0 spiro atoms. The van der Waals surface area contributed by atoms with Crippen LogP contribution in [-0.4, -0.2) is 8.42 Å². The molecule has 0 saturated carbocycles. The molecule has 0 aromatic heterocycles. The maximum absolute atomic E-state index is 12.7. The lowest BCUT2D eigenvalue weighted by Gasteiger charge is -2.15. The summed E-state index contributed by atoms with van der Waals surface area (Å²) in [7, 11) is -3.65. The summed E-state index contributed by atoms with van der Waals surface area (Å²) in [4.78, 5) is 1.05. The van der Waals surface area contributed by atoms with Crippen LogP contribution in [0, 0.1) is 24.5 Å². The lowest BCUT2D eigenvalue weighted by atomic mass is 9.99. The molecule has 1 N–H and O–H groups in total. The highest BCUT2D eigenvalue weighted by Crippen LogP contribution is 2.29. The molecule has 25 heavy (non-hydrogen) atoms. The van der Waals surface area contributed by atoms with Gasteiger partial charge in [-0.2, -0.15) is 5.26 Å². The molecule has 2 aromatic rings. The topological polar surface area (TPSA) is 70.0 Å². The summed E-state index contributed by atoms with van der Waals surface area (Å²) in [5.41, 5.74) is 3.27. The third-order valence-corrected chi connectivity index (χ3v) is 6.21. The Morgan fingerprint density at radius 2 is 1.72 bits per heavy atom. The van der Waals surface area contributed by atoms with Crippen molar-refractivity contribution < 1.29 is 8.42 Å². The van der Waals surface area contributed by atoms with Crippen molar-refractivity contribution in [3.63, 3.8) is 0 Å². The number of sulfonamides is 1. The Morgan fingerprint density at radius 1 is 1.16 bits per heavy atom. The lowest BCUT2D eigenvalue weighted by Crippen LogP contribution is -2.15. The lowest BCUT2D eigenvalue weighted by molar-refractivity contribution is 0.601. The van der Waals surface area contributed by atoms with Crippen molar-refractivity contribution in [2.45, 2.75) is 49.8 Å². The second kappa shape index (κ2) is 7.94. The number of hydrogen-bond donors (Lipinski definition) is 1. The van der Waals surface area contributed by atoms with Gasteiger partial charge >= 0.3 is 0 Å². The molecule has 4 nitrogen and oxygen atoms in total. The molecular formula is C19H22N2O2S2. The van der Waals surface area contributed by atoms with E-state index in [9.17, 15) is 8.42 Å². The Hall–Kier alpha value is -1.97. The summed E-state index contributed by atoms with van der Waals surface area (Å²) < 4.78 is 28.1. The fourth-order valence-corrected chi connectivity index (χ4v) is 4.38. The predicted molar refractivity (Wildman–Crippen MR) is 103 cm³/mol. The Bertz CT molecular complexity index is 875. The molecule has 0 aliphatic heterocycles. The molecule has 0 unspecified atom stereocenters. The maximum Gasteiger partial charge on any atom is 0.261 e. The van der Waals surface area contributed by atoms with Crippen LogP contribution in [-0.2, 0) is 10.0 Å². The van der Waals surface area contributed by atoms with E-state index in [0.29, 0.717) is 11.6 Å². The molecule has 0 amide bonds. The van der Waals surface area contributed by atoms with Crippen molar-refractivity contribution >= 4 is 27.5 Å². The van der Waals surface area contributed by atoms with Gasteiger partial charge in [0.2, 0.25) is 0 Å². The van der Waals surface area contributed by atoms with E-state index >= 15 is 0 Å². The van der Waals surface area contributed by atoms with Crippen LogP contribution in [0.25, 0.3) is 0 Å². The van der Waals surface area contributed by atoms with Crippen LogP contribution in [0.3, 0.4) is 0 Å². The van der Waals surface area contributed by atoms with Crippen molar-refractivity contribution in [1.29, 1.82) is 5.26 Å². The van der Waals surface area contributed by atoms with Gasteiger partial charge in [0.25, 0.3) is 10.0 Å². The average molecular weight is 375 g/mol. The van der Waals surface area contributed by atoms with Gasteiger partial charge < -0.3 is 0 Å². The Balaban J connectivity index is 2.31. The molecule has 0 aliphatic carbocycles. The van der Waals surface area contributed by atoms with Crippen molar-refractivity contribution in [1.82, 2.24) is 0 Å². The van der Waals surface area contributed by atoms with Crippen LogP contribution >= 0.6 is 11.8 Å². The molecule has 0 aliphatic rings. The number of aryl methyl sites for hydroxylation is 2. The summed E-state index contributed by atoms with van der Waals surface area (Å²) in [5, 5.41) is 10.8. The van der Waals surface area contributed by atoms with E-state index in [4.69, 9.17) is 5.26 Å².